The molecule has 0 bridgehead atoms. The Bertz CT molecular complexity index is 895. The molecule has 3 unspecified atom stereocenters. The summed E-state index contributed by atoms with van der Waals surface area (Å²) in [5.74, 6) is -0.551. The van der Waals surface area contributed by atoms with Gasteiger partial charge < -0.3 is 20.1 Å². The number of halogens is 1. The number of hydrogen-bond acceptors (Lipinski definition) is 6. The number of methoxy groups -OCH3 is 1. The standard InChI is InChI=1S/C19H27FN6O4/c1-10(2)21-19(28)30-15-6-5-12(17(15)20)13-8-16(24-23-13)22-18(27)14-7-11(9-29-4)25-26(14)3/h7-8,10,12,15,17H,5-6,9H2,1-4H3,(H,21,28)(H2,22,23,24,27). The normalized spacial score (nSPS) is 21.1. The summed E-state index contributed by atoms with van der Waals surface area (Å²) in [6.07, 6.45) is -1.93. The van der Waals surface area contributed by atoms with E-state index in [9.17, 15) is 14.0 Å². The number of alkyl halides is 1. The van der Waals surface area contributed by atoms with E-state index in [1.165, 1.54) is 4.68 Å². The number of hydrogen-bond donors (Lipinski definition) is 3. The first-order chi connectivity index (χ1) is 14.3. The molecule has 1 saturated carbocycles. The number of alkyl carbamates (subject to hydrolysis) is 1. The van der Waals surface area contributed by atoms with Crippen molar-refractivity contribution in [1.29, 1.82) is 0 Å². The number of ether oxygens (including phenoxy) is 2. The summed E-state index contributed by atoms with van der Waals surface area (Å²) in [5, 5.41) is 16.3. The van der Waals surface area contributed by atoms with Gasteiger partial charge in [-0.2, -0.15) is 10.2 Å². The van der Waals surface area contributed by atoms with E-state index in [2.05, 4.69) is 25.9 Å². The maximum Gasteiger partial charge on any atom is 0.407 e. The second-order valence-electron chi connectivity index (χ2n) is 7.61. The Morgan fingerprint density at radius 2 is 2.13 bits per heavy atom. The average Bonchev–Trinajstić information content (AvgIpc) is 3.35. The SMILES string of the molecule is COCc1cc(C(=O)Nc2cc(C3CCC(OC(=O)NC(C)C)C3F)n[nH]2)n(C)n1. The molecule has 10 nitrogen and oxygen atoms in total. The van der Waals surface area contributed by atoms with Gasteiger partial charge in [0, 0.05) is 32.2 Å². The van der Waals surface area contributed by atoms with Gasteiger partial charge in [0.2, 0.25) is 0 Å². The van der Waals surface area contributed by atoms with Crippen LogP contribution in [-0.2, 0) is 23.1 Å². The molecule has 164 valence electrons. The van der Waals surface area contributed by atoms with Crippen molar-refractivity contribution in [2.75, 3.05) is 12.4 Å². The Labute approximate surface area is 173 Å². The highest BCUT2D eigenvalue weighted by Gasteiger charge is 2.41. The van der Waals surface area contributed by atoms with Crippen LogP contribution in [-0.4, -0.2) is 57.4 Å². The molecule has 0 radical (unpaired) electrons. The van der Waals surface area contributed by atoms with Crippen molar-refractivity contribution in [2.24, 2.45) is 7.05 Å². The number of aromatic nitrogens is 4. The Morgan fingerprint density at radius 1 is 1.37 bits per heavy atom. The second-order valence-corrected chi connectivity index (χ2v) is 7.61. The number of nitrogens with zero attached hydrogens (tertiary/aromatic N) is 3. The lowest BCUT2D eigenvalue weighted by Gasteiger charge is -2.18. The van der Waals surface area contributed by atoms with Gasteiger partial charge >= 0.3 is 6.09 Å². The Kier molecular flexibility index (Phi) is 6.70. The summed E-state index contributed by atoms with van der Waals surface area (Å²) in [6, 6.07) is 3.14. The fourth-order valence-electron chi connectivity index (χ4n) is 3.50. The highest BCUT2D eigenvalue weighted by atomic mass is 19.1. The molecule has 2 aromatic rings. The molecule has 3 N–H and O–H groups in total. The summed E-state index contributed by atoms with van der Waals surface area (Å²) < 4.78 is 26.5. The first kappa shape index (κ1) is 21.8. The number of rotatable bonds is 7. The lowest BCUT2D eigenvalue weighted by Crippen LogP contribution is -2.36. The number of carbonyl (C=O) groups is 2. The van der Waals surface area contributed by atoms with Crippen molar-refractivity contribution in [3.63, 3.8) is 0 Å². The monoisotopic (exact) mass is 422 g/mol. The van der Waals surface area contributed by atoms with Crippen LogP contribution >= 0.6 is 0 Å². The van der Waals surface area contributed by atoms with Crippen LogP contribution < -0.4 is 10.6 Å². The van der Waals surface area contributed by atoms with Gasteiger partial charge in [0.15, 0.2) is 0 Å². The molecule has 3 atom stereocenters. The minimum atomic E-state index is -1.37. The minimum absolute atomic E-state index is 0.0877. The summed E-state index contributed by atoms with van der Waals surface area (Å²) in [5.41, 5.74) is 1.46. The third-order valence-corrected chi connectivity index (χ3v) is 4.85. The molecule has 3 rings (SSSR count). The average molecular weight is 422 g/mol. The van der Waals surface area contributed by atoms with Crippen LogP contribution in [0.25, 0.3) is 0 Å². The van der Waals surface area contributed by atoms with Gasteiger partial charge in [0.25, 0.3) is 5.91 Å². The topological polar surface area (TPSA) is 123 Å². The van der Waals surface area contributed by atoms with E-state index in [0.29, 0.717) is 42.3 Å². The molecule has 0 saturated heterocycles. The fourth-order valence-corrected chi connectivity index (χ4v) is 3.50. The van der Waals surface area contributed by atoms with E-state index in [1.807, 2.05) is 0 Å². The van der Waals surface area contributed by atoms with Crippen LogP contribution in [0.15, 0.2) is 12.1 Å². The van der Waals surface area contributed by atoms with Crippen LogP contribution in [0, 0.1) is 0 Å². The minimum Gasteiger partial charge on any atom is -0.443 e. The highest BCUT2D eigenvalue weighted by Crippen LogP contribution is 2.38. The first-order valence-electron chi connectivity index (χ1n) is 9.78. The maximum absolute atomic E-state index is 14.8. The van der Waals surface area contributed by atoms with E-state index in [0.717, 1.165) is 0 Å². The molecule has 0 aliphatic heterocycles. The number of amides is 2. The van der Waals surface area contributed by atoms with Crippen molar-refractivity contribution < 1.29 is 23.5 Å². The van der Waals surface area contributed by atoms with Gasteiger partial charge in [0.1, 0.15) is 23.8 Å². The Hall–Kier alpha value is -2.95. The molecular weight excluding hydrogens is 395 g/mol. The summed E-state index contributed by atoms with van der Waals surface area (Å²) >= 11 is 0. The molecular formula is C19H27FN6O4. The van der Waals surface area contributed by atoms with Crippen LogP contribution in [0.5, 0.6) is 0 Å². The molecule has 1 aliphatic carbocycles. The van der Waals surface area contributed by atoms with E-state index in [4.69, 9.17) is 9.47 Å². The predicted molar refractivity (Wildman–Crippen MR) is 106 cm³/mol. The fraction of sp³-hybridized carbons (Fsp3) is 0.579. The summed E-state index contributed by atoms with van der Waals surface area (Å²) in [6.45, 7) is 3.90. The number of aryl methyl sites for hydroxylation is 1. The molecule has 0 aromatic carbocycles. The van der Waals surface area contributed by atoms with Crippen molar-refractivity contribution in [3.8, 4) is 0 Å². The van der Waals surface area contributed by atoms with Crippen molar-refractivity contribution in [3.05, 3.63) is 29.2 Å². The largest absolute Gasteiger partial charge is 0.443 e. The van der Waals surface area contributed by atoms with Crippen LogP contribution in [0.3, 0.4) is 0 Å². The summed E-state index contributed by atoms with van der Waals surface area (Å²) in [7, 11) is 3.21. The Morgan fingerprint density at radius 3 is 2.83 bits per heavy atom. The molecule has 2 heterocycles. The quantitative estimate of drug-likeness (QED) is 0.629. The number of carbonyl (C=O) groups excluding carboxylic acids is 2. The molecule has 2 amide bonds. The Balaban J connectivity index is 1.61. The lowest BCUT2D eigenvalue weighted by molar-refractivity contribution is 0.0555. The van der Waals surface area contributed by atoms with Crippen LogP contribution in [0.1, 0.15) is 54.5 Å². The number of anilines is 1. The van der Waals surface area contributed by atoms with E-state index >= 15 is 0 Å². The third kappa shape index (κ3) is 4.96. The van der Waals surface area contributed by atoms with Crippen molar-refractivity contribution >= 4 is 17.8 Å². The van der Waals surface area contributed by atoms with Gasteiger partial charge in [-0.15, -0.1) is 0 Å². The molecule has 30 heavy (non-hydrogen) atoms. The number of nitrogens with one attached hydrogen (secondary N) is 3. The van der Waals surface area contributed by atoms with Gasteiger partial charge in [-0.1, -0.05) is 0 Å². The molecule has 11 heteroatoms. The zero-order valence-corrected chi connectivity index (χ0v) is 17.4. The van der Waals surface area contributed by atoms with Crippen LogP contribution in [0.4, 0.5) is 15.0 Å². The smallest absolute Gasteiger partial charge is 0.407 e. The molecule has 0 spiro atoms. The summed E-state index contributed by atoms with van der Waals surface area (Å²) in [4.78, 5) is 24.3. The predicted octanol–water partition coefficient (Wildman–Crippen LogP) is 2.26. The van der Waals surface area contributed by atoms with Crippen molar-refractivity contribution in [1.82, 2.24) is 25.3 Å². The highest BCUT2D eigenvalue weighted by molar-refractivity contribution is 6.02. The van der Waals surface area contributed by atoms with E-state index < -0.39 is 24.3 Å². The lowest BCUT2D eigenvalue weighted by atomic mass is 10.0. The zero-order valence-electron chi connectivity index (χ0n) is 17.4. The maximum atomic E-state index is 14.8. The molecule has 1 aliphatic rings. The van der Waals surface area contributed by atoms with Crippen LogP contribution in [0.2, 0.25) is 0 Å². The van der Waals surface area contributed by atoms with E-state index in [-0.39, 0.29) is 11.9 Å². The third-order valence-electron chi connectivity index (χ3n) is 4.85. The first-order valence-corrected chi connectivity index (χ1v) is 9.78. The van der Waals surface area contributed by atoms with Gasteiger partial charge in [0.05, 0.1) is 18.0 Å². The molecule has 2 aromatic heterocycles. The van der Waals surface area contributed by atoms with E-state index in [1.54, 1.807) is 40.1 Å². The second kappa shape index (κ2) is 9.24. The number of aromatic amines is 1. The molecule has 1 fully saturated rings. The number of H-pyrrole nitrogens is 1. The zero-order chi connectivity index (χ0) is 21.8. The van der Waals surface area contributed by atoms with Gasteiger partial charge in [-0.05, 0) is 32.8 Å². The van der Waals surface area contributed by atoms with Gasteiger partial charge in [-0.3, -0.25) is 14.6 Å². The van der Waals surface area contributed by atoms with Crippen molar-refractivity contribution in [2.45, 2.75) is 57.5 Å². The van der Waals surface area contributed by atoms with Gasteiger partial charge in [-0.25, -0.2) is 9.18 Å².